The summed E-state index contributed by atoms with van der Waals surface area (Å²) in [7, 11) is 0. The Balaban J connectivity index is 1.70. The maximum atomic E-state index is 12.9. The van der Waals surface area contributed by atoms with Crippen LogP contribution in [0, 0.1) is 6.92 Å². The molecule has 1 aromatic heterocycles. The van der Waals surface area contributed by atoms with Gasteiger partial charge in [0.1, 0.15) is 6.54 Å². The molecule has 2 heterocycles. The lowest BCUT2D eigenvalue weighted by atomic mass is 10.1. The van der Waals surface area contributed by atoms with E-state index >= 15 is 0 Å². The van der Waals surface area contributed by atoms with Crippen molar-refractivity contribution in [1.29, 1.82) is 0 Å². The van der Waals surface area contributed by atoms with Crippen LogP contribution in [0.1, 0.15) is 35.0 Å². The van der Waals surface area contributed by atoms with Crippen molar-refractivity contribution in [2.75, 3.05) is 25.2 Å². The fourth-order valence-corrected chi connectivity index (χ4v) is 3.24. The third-order valence-electron chi connectivity index (χ3n) is 3.89. The van der Waals surface area contributed by atoms with Crippen molar-refractivity contribution >= 4 is 28.3 Å². The largest absolute Gasteiger partial charge is 0.454 e. The zero-order chi connectivity index (χ0) is 18.5. The van der Waals surface area contributed by atoms with E-state index < -0.39 is 0 Å². The van der Waals surface area contributed by atoms with Crippen LogP contribution in [0.2, 0.25) is 0 Å². The molecule has 0 saturated heterocycles. The van der Waals surface area contributed by atoms with Crippen LogP contribution in [0.15, 0.2) is 24.4 Å². The van der Waals surface area contributed by atoms with Crippen molar-refractivity contribution in [3.05, 3.63) is 34.8 Å². The van der Waals surface area contributed by atoms with Crippen LogP contribution in [0.4, 0.5) is 5.13 Å². The molecule has 8 heteroatoms. The molecule has 7 nitrogen and oxygen atoms in total. The second-order valence-corrected chi connectivity index (χ2v) is 7.21. The topological polar surface area (TPSA) is 80.8 Å². The number of unbranched alkanes of at least 4 members (excludes halogenated alkanes) is 1. The molecule has 0 fully saturated rings. The standard InChI is InChI=1S/C18H21N3O4S/c1-3-4-7-21(10-16(22)20-18-19-9-12(2)26-18)17(23)13-5-6-14-15(8-13)25-11-24-14/h5-6,8-9H,3-4,7,10-11H2,1-2H3,(H,19,20,22). The van der Waals surface area contributed by atoms with E-state index in [0.29, 0.717) is 28.7 Å². The summed E-state index contributed by atoms with van der Waals surface area (Å²) in [5.41, 5.74) is 0.475. The summed E-state index contributed by atoms with van der Waals surface area (Å²) in [6.45, 7) is 4.61. The van der Waals surface area contributed by atoms with Crippen LogP contribution in [0.3, 0.4) is 0 Å². The number of aromatic nitrogens is 1. The zero-order valence-corrected chi connectivity index (χ0v) is 15.6. The van der Waals surface area contributed by atoms with Gasteiger partial charge in [-0.15, -0.1) is 11.3 Å². The van der Waals surface area contributed by atoms with Crippen molar-refractivity contribution < 1.29 is 19.1 Å². The average Bonchev–Trinajstić information content (AvgIpc) is 3.25. The Morgan fingerprint density at radius 3 is 2.85 bits per heavy atom. The van der Waals surface area contributed by atoms with Crippen molar-refractivity contribution in [1.82, 2.24) is 9.88 Å². The van der Waals surface area contributed by atoms with Gasteiger partial charge in [0, 0.05) is 23.2 Å². The van der Waals surface area contributed by atoms with Crippen molar-refractivity contribution in [2.24, 2.45) is 0 Å². The summed E-state index contributed by atoms with van der Waals surface area (Å²) >= 11 is 1.40. The van der Waals surface area contributed by atoms with Gasteiger partial charge in [0.25, 0.3) is 5.91 Å². The summed E-state index contributed by atoms with van der Waals surface area (Å²) in [6, 6.07) is 5.06. The van der Waals surface area contributed by atoms with Crippen molar-refractivity contribution in [2.45, 2.75) is 26.7 Å². The predicted octanol–water partition coefficient (Wildman–Crippen LogP) is 3.06. The fourth-order valence-electron chi connectivity index (χ4n) is 2.56. The molecule has 0 bridgehead atoms. The van der Waals surface area contributed by atoms with Gasteiger partial charge in [-0.2, -0.15) is 0 Å². The molecule has 0 spiro atoms. The van der Waals surface area contributed by atoms with E-state index in [-0.39, 0.29) is 25.2 Å². The van der Waals surface area contributed by atoms with Crippen LogP contribution in [-0.2, 0) is 4.79 Å². The number of hydrogen-bond acceptors (Lipinski definition) is 6. The molecule has 2 amide bonds. The molecule has 1 N–H and O–H groups in total. The molecule has 1 aliphatic heterocycles. The maximum absolute atomic E-state index is 12.9. The number of hydrogen-bond donors (Lipinski definition) is 1. The van der Waals surface area contributed by atoms with Gasteiger partial charge in [-0.05, 0) is 31.5 Å². The van der Waals surface area contributed by atoms with E-state index in [1.54, 1.807) is 29.3 Å². The first-order valence-corrected chi connectivity index (χ1v) is 9.29. The molecule has 0 saturated carbocycles. The predicted molar refractivity (Wildman–Crippen MR) is 98.9 cm³/mol. The monoisotopic (exact) mass is 375 g/mol. The zero-order valence-electron chi connectivity index (χ0n) is 14.8. The van der Waals surface area contributed by atoms with Gasteiger partial charge in [0.05, 0.1) is 0 Å². The first-order chi connectivity index (χ1) is 12.6. The lowest BCUT2D eigenvalue weighted by Gasteiger charge is -2.22. The Morgan fingerprint density at radius 2 is 2.12 bits per heavy atom. The molecule has 0 unspecified atom stereocenters. The summed E-state index contributed by atoms with van der Waals surface area (Å²) in [5.74, 6) is 0.708. The van der Waals surface area contributed by atoms with E-state index in [9.17, 15) is 9.59 Å². The number of fused-ring (bicyclic) bond motifs is 1. The molecule has 138 valence electrons. The lowest BCUT2D eigenvalue weighted by molar-refractivity contribution is -0.116. The SMILES string of the molecule is CCCCN(CC(=O)Nc1ncc(C)s1)C(=O)c1ccc2c(c1)OCO2. The minimum Gasteiger partial charge on any atom is -0.454 e. The highest BCUT2D eigenvalue weighted by Crippen LogP contribution is 2.32. The molecule has 1 aromatic carbocycles. The molecule has 2 aromatic rings. The van der Waals surface area contributed by atoms with Crippen LogP contribution in [-0.4, -0.2) is 41.6 Å². The lowest BCUT2D eigenvalue weighted by Crippen LogP contribution is -2.38. The first kappa shape index (κ1) is 18.2. The fraction of sp³-hybridized carbons (Fsp3) is 0.389. The van der Waals surface area contributed by atoms with Gasteiger partial charge in [0.2, 0.25) is 12.7 Å². The van der Waals surface area contributed by atoms with Gasteiger partial charge in [0.15, 0.2) is 16.6 Å². The third kappa shape index (κ3) is 4.32. The first-order valence-electron chi connectivity index (χ1n) is 8.48. The van der Waals surface area contributed by atoms with Gasteiger partial charge >= 0.3 is 0 Å². The number of benzene rings is 1. The molecule has 0 radical (unpaired) electrons. The Bertz CT molecular complexity index is 805. The van der Waals surface area contributed by atoms with Crippen molar-refractivity contribution in [3.8, 4) is 11.5 Å². The van der Waals surface area contributed by atoms with E-state index in [4.69, 9.17) is 9.47 Å². The van der Waals surface area contributed by atoms with Crippen LogP contribution in [0.5, 0.6) is 11.5 Å². The number of thiazole rings is 1. The minimum absolute atomic E-state index is 0.0219. The summed E-state index contributed by atoms with van der Waals surface area (Å²) in [6.07, 6.45) is 3.45. The normalized spacial score (nSPS) is 12.1. The third-order valence-corrected chi connectivity index (χ3v) is 4.72. The van der Waals surface area contributed by atoms with E-state index in [1.165, 1.54) is 11.3 Å². The highest BCUT2D eigenvalue weighted by Gasteiger charge is 2.22. The molecule has 1 aliphatic rings. The molecule has 0 atom stereocenters. The smallest absolute Gasteiger partial charge is 0.254 e. The molecule has 3 rings (SSSR count). The summed E-state index contributed by atoms with van der Waals surface area (Å²) < 4.78 is 10.6. The number of nitrogens with one attached hydrogen (secondary N) is 1. The van der Waals surface area contributed by atoms with E-state index in [0.717, 1.165) is 17.7 Å². The maximum Gasteiger partial charge on any atom is 0.254 e. The van der Waals surface area contributed by atoms with E-state index in [2.05, 4.69) is 10.3 Å². The Morgan fingerprint density at radius 1 is 1.31 bits per heavy atom. The second-order valence-electron chi connectivity index (χ2n) is 5.97. The Kier molecular flexibility index (Phi) is 5.72. The number of carbonyl (C=O) groups is 2. The number of aryl methyl sites for hydroxylation is 1. The minimum atomic E-state index is -0.260. The van der Waals surface area contributed by atoms with Crippen LogP contribution in [0.25, 0.3) is 0 Å². The number of amides is 2. The van der Waals surface area contributed by atoms with Crippen LogP contribution < -0.4 is 14.8 Å². The number of carbonyl (C=O) groups excluding carboxylic acids is 2. The summed E-state index contributed by atoms with van der Waals surface area (Å²) in [4.78, 5) is 31.9. The van der Waals surface area contributed by atoms with Gasteiger partial charge in [-0.25, -0.2) is 4.98 Å². The number of ether oxygens (including phenoxy) is 2. The average molecular weight is 375 g/mol. The Labute approximate surface area is 155 Å². The number of nitrogens with zero attached hydrogens (tertiary/aromatic N) is 2. The molecule has 0 aliphatic carbocycles. The molecule has 26 heavy (non-hydrogen) atoms. The Hall–Kier alpha value is -2.61. The molecular formula is C18H21N3O4S. The second kappa shape index (κ2) is 8.18. The summed E-state index contributed by atoms with van der Waals surface area (Å²) in [5, 5.41) is 3.29. The number of anilines is 1. The highest BCUT2D eigenvalue weighted by molar-refractivity contribution is 7.15. The van der Waals surface area contributed by atoms with Crippen LogP contribution >= 0.6 is 11.3 Å². The van der Waals surface area contributed by atoms with Crippen molar-refractivity contribution in [3.63, 3.8) is 0 Å². The van der Waals surface area contributed by atoms with Gasteiger partial charge < -0.3 is 19.7 Å². The highest BCUT2D eigenvalue weighted by atomic mass is 32.1. The van der Waals surface area contributed by atoms with Gasteiger partial charge in [-0.1, -0.05) is 13.3 Å². The quantitative estimate of drug-likeness (QED) is 0.804. The molecular weight excluding hydrogens is 354 g/mol. The van der Waals surface area contributed by atoms with E-state index in [1.807, 2.05) is 13.8 Å². The van der Waals surface area contributed by atoms with Gasteiger partial charge in [-0.3, -0.25) is 9.59 Å². The number of rotatable bonds is 7.